The largest absolute Gasteiger partial charge is 0.496 e. The SMILES string of the molecule is CCCCCC(=O)Nc1nc(C)c(-c2ccc(OC)c(C(=O)NCCCC(=O)O)c2)s1. The number of amides is 2. The number of nitrogens with zero attached hydrogens (tertiary/aromatic N) is 1. The quantitative estimate of drug-likeness (QED) is 0.419. The predicted molar refractivity (Wildman–Crippen MR) is 121 cm³/mol. The number of nitrogens with one attached hydrogen (secondary N) is 2. The van der Waals surface area contributed by atoms with Crippen LogP contribution in [0.25, 0.3) is 10.4 Å². The van der Waals surface area contributed by atoms with Gasteiger partial charge in [0.1, 0.15) is 5.75 Å². The molecule has 0 atom stereocenters. The van der Waals surface area contributed by atoms with E-state index in [9.17, 15) is 14.4 Å². The van der Waals surface area contributed by atoms with E-state index >= 15 is 0 Å². The van der Waals surface area contributed by atoms with E-state index in [4.69, 9.17) is 9.84 Å². The van der Waals surface area contributed by atoms with Gasteiger partial charge in [0.2, 0.25) is 5.91 Å². The van der Waals surface area contributed by atoms with Crippen molar-refractivity contribution >= 4 is 34.3 Å². The zero-order chi connectivity index (χ0) is 22.8. The third-order valence-corrected chi connectivity index (χ3v) is 5.73. The Labute approximate surface area is 186 Å². The van der Waals surface area contributed by atoms with Gasteiger partial charge in [-0.2, -0.15) is 0 Å². The molecule has 3 N–H and O–H groups in total. The number of carbonyl (C=O) groups is 3. The van der Waals surface area contributed by atoms with Gasteiger partial charge in [-0.1, -0.05) is 31.1 Å². The average Bonchev–Trinajstić information content (AvgIpc) is 3.10. The van der Waals surface area contributed by atoms with Crippen LogP contribution in [0.4, 0.5) is 5.13 Å². The molecule has 2 amide bonds. The summed E-state index contributed by atoms with van der Waals surface area (Å²) in [5.74, 6) is -0.866. The lowest BCUT2D eigenvalue weighted by molar-refractivity contribution is -0.137. The second-order valence-electron chi connectivity index (χ2n) is 7.11. The third kappa shape index (κ3) is 7.36. The van der Waals surface area contributed by atoms with Crippen LogP contribution in [0.5, 0.6) is 5.75 Å². The van der Waals surface area contributed by atoms with Gasteiger partial charge in [-0.15, -0.1) is 0 Å². The fourth-order valence-corrected chi connectivity index (χ4v) is 3.98. The number of rotatable bonds is 12. The molecule has 1 heterocycles. The van der Waals surface area contributed by atoms with E-state index in [2.05, 4.69) is 22.5 Å². The van der Waals surface area contributed by atoms with Crippen molar-refractivity contribution in [1.82, 2.24) is 10.3 Å². The highest BCUT2D eigenvalue weighted by molar-refractivity contribution is 7.19. The first-order chi connectivity index (χ1) is 14.8. The smallest absolute Gasteiger partial charge is 0.303 e. The molecule has 0 aliphatic heterocycles. The van der Waals surface area contributed by atoms with E-state index in [1.165, 1.54) is 18.4 Å². The number of aliphatic carboxylic acids is 1. The minimum Gasteiger partial charge on any atom is -0.496 e. The molecule has 2 aromatic rings. The second-order valence-corrected chi connectivity index (χ2v) is 8.11. The monoisotopic (exact) mass is 447 g/mol. The number of hydrogen-bond donors (Lipinski definition) is 3. The Kier molecular flexibility index (Phi) is 9.45. The van der Waals surface area contributed by atoms with Crippen LogP contribution in [0.1, 0.15) is 61.5 Å². The fourth-order valence-electron chi connectivity index (χ4n) is 3.00. The number of carbonyl (C=O) groups excluding carboxylic acids is 2. The van der Waals surface area contributed by atoms with Crippen molar-refractivity contribution in [2.24, 2.45) is 0 Å². The summed E-state index contributed by atoms with van der Waals surface area (Å²) in [5, 5.41) is 14.8. The van der Waals surface area contributed by atoms with Crippen LogP contribution < -0.4 is 15.4 Å². The first-order valence-electron chi connectivity index (χ1n) is 10.3. The summed E-state index contributed by atoms with van der Waals surface area (Å²) in [7, 11) is 1.49. The van der Waals surface area contributed by atoms with Crippen molar-refractivity contribution in [3.63, 3.8) is 0 Å². The summed E-state index contributed by atoms with van der Waals surface area (Å²) < 4.78 is 5.31. The van der Waals surface area contributed by atoms with Crippen molar-refractivity contribution in [3.05, 3.63) is 29.5 Å². The number of carboxylic acids is 1. The Balaban J connectivity index is 2.15. The van der Waals surface area contributed by atoms with Crippen molar-refractivity contribution in [1.29, 1.82) is 0 Å². The fraction of sp³-hybridized carbons (Fsp3) is 0.455. The zero-order valence-electron chi connectivity index (χ0n) is 18.1. The van der Waals surface area contributed by atoms with Gasteiger partial charge in [0, 0.05) is 19.4 Å². The molecule has 8 nitrogen and oxygen atoms in total. The van der Waals surface area contributed by atoms with Crippen LogP contribution in [0.15, 0.2) is 18.2 Å². The van der Waals surface area contributed by atoms with Crippen molar-refractivity contribution in [2.75, 3.05) is 19.0 Å². The molecule has 31 heavy (non-hydrogen) atoms. The summed E-state index contributed by atoms with van der Waals surface area (Å²) in [5.41, 5.74) is 1.90. The number of aryl methyl sites for hydroxylation is 1. The number of anilines is 1. The standard InChI is InChI=1S/C22H29N3O5S/c1-4-5-6-8-18(26)25-22-24-14(2)20(31-22)15-10-11-17(30-3)16(13-15)21(29)23-12-7-9-19(27)28/h10-11,13H,4-9,12H2,1-3H3,(H,23,29)(H,27,28)(H,24,25,26). The molecule has 0 bridgehead atoms. The van der Waals surface area contributed by atoms with E-state index in [0.717, 1.165) is 35.4 Å². The molecule has 1 aromatic carbocycles. The Morgan fingerprint density at radius 3 is 2.61 bits per heavy atom. The number of hydrogen-bond acceptors (Lipinski definition) is 6. The first kappa shape index (κ1) is 24.3. The average molecular weight is 448 g/mol. The van der Waals surface area contributed by atoms with Crippen molar-refractivity contribution in [2.45, 2.75) is 52.4 Å². The molecule has 1 aromatic heterocycles. The van der Waals surface area contributed by atoms with Crippen LogP contribution in [0.3, 0.4) is 0 Å². The van der Waals surface area contributed by atoms with Gasteiger partial charge in [-0.05, 0) is 43.5 Å². The minimum atomic E-state index is -0.900. The van der Waals surface area contributed by atoms with Gasteiger partial charge in [-0.3, -0.25) is 14.4 Å². The lowest BCUT2D eigenvalue weighted by Gasteiger charge is -2.11. The zero-order valence-corrected chi connectivity index (χ0v) is 18.9. The molecule has 0 saturated heterocycles. The summed E-state index contributed by atoms with van der Waals surface area (Å²) in [6.45, 7) is 4.20. The molecular weight excluding hydrogens is 418 g/mol. The molecule has 168 valence electrons. The molecule has 0 fully saturated rings. The molecule has 0 radical (unpaired) electrons. The van der Waals surface area contributed by atoms with Gasteiger partial charge in [0.05, 0.1) is 23.2 Å². The van der Waals surface area contributed by atoms with E-state index in [1.54, 1.807) is 12.1 Å². The summed E-state index contributed by atoms with van der Waals surface area (Å²) in [6.07, 6.45) is 3.73. The first-order valence-corrected chi connectivity index (χ1v) is 11.1. The van der Waals surface area contributed by atoms with E-state index in [0.29, 0.717) is 29.3 Å². The number of unbranched alkanes of at least 4 members (excludes halogenated alkanes) is 2. The Hall–Kier alpha value is -2.94. The van der Waals surface area contributed by atoms with Crippen LogP contribution in [0.2, 0.25) is 0 Å². The van der Waals surface area contributed by atoms with E-state index < -0.39 is 5.97 Å². The maximum absolute atomic E-state index is 12.6. The van der Waals surface area contributed by atoms with Crippen LogP contribution >= 0.6 is 11.3 Å². The second kappa shape index (κ2) is 12.0. The molecule has 0 saturated carbocycles. The van der Waals surface area contributed by atoms with Crippen molar-refractivity contribution < 1.29 is 24.2 Å². The topological polar surface area (TPSA) is 118 Å². The van der Waals surface area contributed by atoms with Gasteiger partial charge < -0.3 is 20.5 Å². The molecular formula is C22H29N3O5S. The molecule has 0 unspecified atom stereocenters. The van der Waals surface area contributed by atoms with Crippen molar-refractivity contribution in [3.8, 4) is 16.2 Å². The van der Waals surface area contributed by atoms with Gasteiger partial charge in [-0.25, -0.2) is 4.98 Å². The molecule has 2 rings (SSSR count). The lowest BCUT2D eigenvalue weighted by atomic mass is 10.1. The highest BCUT2D eigenvalue weighted by Gasteiger charge is 2.17. The van der Waals surface area contributed by atoms with E-state index in [1.807, 2.05) is 13.0 Å². The third-order valence-electron chi connectivity index (χ3n) is 4.61. The Morgan fingerprint density at radius 1 is 1.16 bits per heavy atom. The van der Waals surface area contributed by atoms with Crippen LogP contribution in [-0.2, 0) is 9.59 Å². The maximum atomic E-state index is 12.6. The Bertz CT molecular complexity index is 926. The number of carboxylic acid groups (broad SMARTS) is 1. The molecule has 0 aliphatic carbocycles. The Morgan fingerprint density at radius 2 is 1.94 bits per heavy atom. The number of methoxy groups -OCH3 is 1. The highest BCUT2D eigenvalue weighted by Crippen LogP contribution is 2.35. The predicted octanol–water partition coefficient (Wildman–Crippen LogP) is 4.24. The molecule has 0 aliphatic rings. The van der Waals surface area contributed by atoms with Gasteiger partial charge in [0.15, 0.2) is 5.13 Å². The van der Waals surface area contributed by atoms with Crippen LogP contribution in [0, 0.1) is 6.92 Å². The van der Waals surface area contributed by atoms with Gasteiger partial charge >= 0.3 is 5.97 Å². The summed E-state index contributed by atoms with van der Waals surface area (Å²) in [6, 6.07) is 5.27. The normalized spacial score (nSPS) is 10.5. The summed E-state index contributed by atoms with van der Waals surface area (Å²) in [4.78, 5) is 40.6. The van der Waals surface area contributed by atoms with Crippen LogP contribution in [-0.4, -0.2) is 41.5 Å². The molecule has 9 heteroatoms. The van der Waals surface area contributed by atoms with Gasteiger partial charge in [0.25, 0.3) is 5.91 Å². The summed E-state index contributed by atoms with van der Waals surface area (Å²) >= 11 is 1.36. The lowest BCUT2D eigenvalue weighted by Crippen LogP contribution is -2.25. The number of aromatic nitrogens is 1. The number of ether oxygens (including phenoxy) is 1. The van der Waals surface area contributed by atoms with E-state index in [-0.39, 0.29) is 24.8 Å². The number of benzene rings is 1. The maximum Gasteiger partial charge on any atom is 0.303 e. The highest BCUT2D eigenvalue weighted by atomic mass is 32.1. The minimum absolute atomic E-state index is 0.00947. The number of thiazole rings is 1. The molecule has 0 spiro atoms.